The zero-order valence-electron chi connectivity index (χ0n) is 16.4. The number of rotatable bonds is 5. The molecule has 2 aromatic carbocycles. The van der Waals surface area contributed by atoms with Gasteiger partial charge in [0.15, 0.2) is 11.5 Å². The summed E-state index contributed by atoms with van der Waals surface area (Å²) >= 11 is 0. The SMILES string of the molecule is O=C(O)c1cc(O)c(O)c(O)c1[N+](=O)[O-].O=C(O)c1cc(O)c(O)c(O)c1[N+](=O)[O-].OCCO. The molecule has 0 aliphatic carbocycles. The summed E-state index contributed by atoms with van der Waals surface area (Å²) in [6, 6.07) is 0.963. The van der Waals surface area contributed by atoms with Gasteiger partial charge >= 0.3 is 23.3 Å². The van der Waals surface area contributed by atoms with Crippen molar-refractivity contribution in [2.24, 2.45) is 0 Å². The van der Waals surface area contributed by atoms with Crippen LogP contribution in [0, 0.1) is 20.2 Å². The molecular formula is C16H16N2O16. The minimum atomic E-state index is -1.70. The summed E-state index contributed by atoms with van der Waals surface area (Å²) in [6.07, 6.45) is 0. The van der Waals surface area contributed by atoms with Crippen LogP contribution in [0.5, 0.6) is 34.5 Å². The van der Waals surface area contributed by atoms with Crippen LogP contribution in [0.3, 0.4) is 0 Å². The summed E-state index contributed by atoms with van der Waals surface area (Å²) in [5.74, 6) is -10.1. The van der Waals surface area contributed by atoms with Crippen LogP contribution in [-0.4, -0.2) is 86.1 Å². The summed E-state index contributed by atoms with van der Waals surface area (Å²) < 4.78 is 0. The molecule has 186 valence electrons. The van der Waals surface area contributed by atoms with Crippen LogP contribution < -0.4 is 0 Å². The Balaban J connectivity index is 0.000000554. The number of nitrogens with zero attached hydrogens (tertiary/aromatic N) is 2. The number of nitro groups is 2. The van der Waals surface area contributed by atoms with Crippen molar-refractivity contribution >= 4 is 23.3 Å². The number of carbonyl (C=O) groups is 2. The molecule has 0 saturated heterocycles. The molecule has 2 rings (SSSR count). The van der Waals surface area contributed by atoms with Crippen molar-refractivity contribution in [1.29, 1.82) is 0 Å². The standard InChI is InChI=1S/2C7H5NO7.C2H6O2/c2*9-3-1-2(7(12)13)4(8(14)15)6(11)5(3)10;3-1-2-4/h2*1,9-11H,(H,12,13);3-4H,1-2H2. The number of hydrogen-bond donors (Lipinski definition) is 10. The predicted molar refractivity (Wildman–Crippen MR) is 104 cm³/mol. The summed E-state index contributed by atoms with van der Waals surface area (Å²) in [7, 11) is 0. The molecule has 2 aromatic rings. The minimum Gasteiger partial charge on any atom is -0.504 e. The van der Waals surface area contributed by atoms with Crippen LogP contribution in [0.1, 0.15) is 20.7 Å². The third-order valence-electron chi connectivity index (χ3n) is 3.38. The first-order chi connectivity index (χ1) is 15.6. The molecule has 0 amide bonds. The van der Waals surface area contributed by atoms with E-state index in [9.17, 15) is 29.8 Å². The lowest BCUT2D eigenvalue weighted by atomic mass is 10.1. The fourth-order valence-corrected chi connectivity index (χ4v) is 1.96. The van der Waals surface area contributed by atoms with Gasteiger partial charge in [-0.3, -0.25) is 20.2 Å². The maximum Gasteiger partial charge on any atom is 0.343 e. The molecule has 0 aromatic heterocycles. The lowest BCUT2D eigenvalue weighted by Gasteiger charge is -2.04. The Kier molecular flexibility index (Phi) is 10.3. The van der Waals surface area contributed by atoms with Crippen LogP contribution in [0.15, 0.2) is 12.1 Å². The number of aliphatic hydroxyl groups excluding tert-OH is 2. The molecule has 0 aliphatic rings. The first-order valence-electron chi connectivity index (χ1n) is 8.16. The quantitative estimate of drug-likeness (QED) is 0.146. The molecule has 0 bridgehead atoms. The van der Waals surface area contributed by atoms with Crippen LogP contribution in [0.2, 0.25) is 0 Å². The highest BCUT2D eigenvalue weighted by Crippen LogP contribution is 2.45. The molecule has 0 atom stereocenters. The highest BCUT2D eigenvalue weighted by Gasteiger charge is 2.30. The van der Waals surface area contributed by atoms with E-state index >= 15 is 0 Å². The van der Waals surface area contributed by atoms with E-state index in [0.717, 1.165) is 0 Å². The summed E-state index contributed by atoms with van der Waals surface area (Å²) in [5.41, 5.74) is -4.16. The van der Waals surface area contributed by atoms with Gasteiger partial charge in [0.25, 0.3) is 0 Å². The first kappa shape index (κ1) is 28.9. The lowest BCUT2D eigenvalue weighted by Crippen LogP contribution is -2.02. The molecule has 18 heteroatoms. The van der Waals surface area contributed by atoms with E-state index in [0.29, 0.717) is 12.1 Å². The molecule has 0 heterocycles. The fourth-order valence-electron chi connectivity index (χ4n) is 1.96. The van der Waals surface area contributed by atoms with Crippen LogP contribution in [0.25, 0.3) is 0 Å². The zero-order valence-corrected chi connectivity index (χ0v) is 16.4. The van der Waals surface area contributed by atoms with Crippen LogP contribution in [-0.2, 0) is 0 Å². The molecule has 0 fully saturated rings. The second-order valence-corrected chi connectivity index (χ2v) is 5.55. The van der Waals surface area contributed by atoms with Gasteiger partial charge in [0.1, 0.15) is 11.1 Å². The predicted octanol–water partition coefficient (Wildman–Crippen LogP) is -0.209. The normalized spacial score (nSPS) is 9.59. The van der Waals surface area contributed by atoms with Gasteiger partial charge in [0.05, 0.1) is 23.1 Å². The number of carboxylic acid groups (broad SMARTS) is 2. The van der Waals surface area contributed by atoms with Gasteiger partial charge in [-0.25, -0.2) is 9.59 Å². The number of aliphatic hydroxyl groups is 2. The molecule has 0 aliphatic heterocycles. The Morgan fingerprint density at radius 1 is 0.647 bits per heavy atom. The number of aromatic hydroxyl groups is 6. The van der Waals surface area contributed by atoms with E-state index in [1.54, 1.807) is 0 Å². The van der Waals surface area contributed by atoms with E-state index in [1.165, 1.54) is 0 Å². The monoisotopic (exact) mass is 492 g/mol. The van der Waals surface area contributed by atoms with Crippen molar-refractivity contribution in [1.82, 2.24) is 0 Å². The summed E-state index contributed by atoms with van der Waals surface area (Å²) in [5, 5.41) is 107. The van der Waals surface area contributed by atoms with Gasteiger partial charge in [-0.1, -0.05) is 0 Å². The number of phenolic OH excluding ortho intramolecular Hbond substituents is 6. The van der Waals surface area contributed by atoms with Gasteiger partial charge in [0.2, 0.25) is 23.0 Å². The van der Waals surface area contributed by atoms with Gasteiger partial charge in [-0.05, 0) is 0 Å². The topological polar surface area (TPSA) is 323 Å². The van der Waals surface area contributed by atoms with Gasteiger partial charge < -0.3 is 51.1 Å². The second kappa shape index (κ2) is 12.1. The molecule has 34 heavy (non-hydrogen) atoms. The number of phenols is 6. The zero-order chi connectivity index (χ0) is 26.9. The van der Waals surface area contributed by atoms with Crippen molar-refractivity contribution in [3.63, 3.8) is 0 Å². The molecule has 18 nitrogen and oxygen atoms in total. The number of hydrogen-bond acceptors (Lipinski definition) is 14. The maximum absolute atomic E-state index is 10.5. The number of nitro benzene ring substituents is 2. The molecule has 0 saturated carbocycles. The van der Waals surface area contributed by atoms with E-state index in [1.807, 2.05) is 0 Å². The van der Waals surface area contributed by atoms with Crippen molar-refractivity contribution in [2.75, 3.05) is 13.2 Å². The van der Waals surface area contributed by atoms with E-state index in [2.05, 4.69) is 0 Å². The van der Waals surface area contributed by atoms with Crippen molar-refractivity contribution < 1.29 is 70.5 Å². The Bertz CT molecular complexity index is 1030. The van der Waals surface area contributed by atoms with E-state index < -0.39 is 78.8 Å². The Morgan fingerprint density at radius 2 is 0.912 bits per heavy atom. The molecule has 0 spiro atoms. The third-order valence-corrected chi connectivity index (χ3v) is 3.38. The number of aromatic carboxylic acids is 2. The van der Waals surface area contributed by atoms with Crippen LogP contribution >= 0.6 is 0 Å². The third kappa shape index (κ3) is 6.70. The van der Waals surface area contributed by atoms with Crippen molar-refractivity contribution in [2.45, 2.75) is 0 Å². The van der Waals surface area contributed by atoms with Gasteiger partial charge in [0, 0.05) is 12.1 Å². The number of benzene rings is 2. The van der Waals surface area contributed by atoms with Gasteiger partial charge in [-0.2, -0.15) is 0 Å². The highest BCUT2D eigenvalue weighted by molar-refractivity contribution is 5.96. The molecule has 0 unspecified atom stereocenters. The van der Waals surface area contributed by atoms with Crippen molar-refractivity contribution in [3.05, 3.63) is 43.5 Å². The lowest BCUT2D eigenvalue weighted by molar-refractivity contribution is -0.386. The fraction of sp³-hybridized carbons (Fsp3) is 0.125. The van der Waals surface area contributed by atoms with E-state index in [-0.39, 0.29) is 13.2 Å². The molecule has 10 N–H and O–H groups in total. The Morgan fingerprint density at radius 3 is 1.09 bits per heavy atom. The van der Waals surface area contributed by atoms with Crippen LogP contribution in [0.4, 0.5) is 11.4 Å². The molecule has 0 radical (unpaired) electrons. The summed E-state index contributed by atoms with van der Waals surface area (Å²) in [4.78, 5) is 39.5. The highest BCUT2D eigenvalue weighted by atomic mass is 16.6. The first-order valence-corrected chi connectivity index (χ1v) is 8.16. The second-order valence-electron chi connectivity index (χ2n) is 5.55. The average molecular weight is 492 g/mol. The Hall–Kier alpha value is -5.10. The molecular weight excluding hydrogens is 476 g/mol. The smallest absolute Gasteiger partial charge is 0.343 e. The average Bonchev–Trinajstić information content (AvgIpc) is 2.74. The van der Waals surface area contributed by atoms with Crippen molar-refractivity contribution in [3.8, 4) is 34.5 Å². The largest absolute Gasteiger partial charge is 0.504 e. The van der Waals surface area contributed by atoms with Gasteiger partial charge in [-0.15, -0.1) is 0 Å². The van der Waals surface area contributed by atoms with E-state index in [4.69, 9.17) is 51.1 Å². The number of carboxylic acids is 2. The Labute approximate surface area is 186 Å². The maximum atomic E-state index is 10.5. The minimum absolute atomic E-state index is 0.125. The summed E-state index contributed by atoms with van der Waals surface area (Å²) in [6.45, 7) is -0.250.